The number of carbonyl (C=O) groups is 1. The second kappa shape index (κ2) is 5.21. The minimum absolute atomic E-state index is 0.0403. The molecule has 6 heteroatoms. The van der Waals surface area contributed by atoms with E-state index >= 15 is 0 Å². The molecule has 0 saturated carbocycles. The van der Waals surface area contributed by atoms with Crippen molar-refractivity contribution in [3.8, 4) is 0 Å². The van der Waals surface area contributed by atoms with Crippen LogP contribution in [-0.4, -0.2) is 16.1 Å². The molecule has 0 amide bonds. The number of carboxylic acid groups (broad SMARTS) is 1. The van der Waals surface area contributed by atoms with E-state index in [9.17, 15) is 13.6 Å². The van der Waals surface area contributed by atoms with Crippen LogP contribution in [0.15, 0.2) is 6.20 Å². The molecule has 0 aliphatic heterocycles. The highest BCUT2D eigenvalue weighted by Crippen LogP contribution is 2.29. The van der Waals surface area contributed by atoms with E-state index in [2.05, 4.69) is 4.98 Å². The van der Waals surface area contributed by atoms with E-state index in [1.165, 1.54) is 6.20 Å². The van der Waals surface area contributed by atoms with Gasteiger partial charge in [0.15, 0.2) is 0 Å². The number of alkyl halides is 3. The first-order chi connectivity index (χ1) is 7.47. The van der Waals surface area contributed by atoms with Crippen LogP contribution in [0.1, 0.15) is 28.8 Å². The lowest BCUT2D eigenvalue weighted by molar-refractivity contribution is -0.136. The Hall–Kier alpha value is -1.23. The number of halogens is 3. The van der Waals surface area contributed by atoms with Crippen molar-refractivity contribution in [2.24, 2.45) is 0 Å². The molecule has 0 spiro atoms. The van der Waals surface area contributed by atoms with E-state index in [-0.39, 0.29) is 22.7 Å². The van der Waals surface area contributed by atoms with Crippen molar-refractivity contribution >= 4 is 17.6 Å². The van der Waals surface area contributed by atoms with Gasteiger partial charge in [-0.05, 0) is 18.1 Å². The number of aryl methyl sites for hydroxylation is 1. The van der Waals surface area contributed by atoms with Crippen LogP contribution >= 0.6 is 11.6 Å². The molecule has 0 saturated heterocycles. The number of hydrogen-bond acceptors (Lipinski definition) is 2. The Morgan fingerprint density at radius 2 is 2.25 bits per heavy atom. The minimum Gasteiger partial charge on any atom is -0.481 e. The Labute approximate surface area is 96.1 Å². The molecule has 1 N–H and O–H groups in total. The molecule has 88 valence electrons. The standard InChI is InChI=1S/C10H10ClF2NO2/c1-5-4-14-7(3-11)9(10(12)13)6(5)2-8(15)16/h4,10H,2-3H2,1H3,(H,15,16). The third-order valence-corrected chi connectivity index (χ3v) is 2.45. The van der Waals surface area contributed by atoms with Crippen molar-refractivity contribution in [1.29, 1.82) is 0 Å². The highest BCUT2D eigenvalue weighted by molar-refractivity contribution is 6.17. The molecule has 1 heterocycles. The van der Waals surface area contributed by atoms with E-state index in [0.29, 0.717) is 5.56 Å². The zero-order valence-corrected chi connectivity index (χ0v) is 9.26. The normalized spacial score (nSPS) is 10.8. The molecule has 0 aromatic carbocycles. The molecule has 0 unspecified atom stereocenters. The molecular formula is C10H10ClF2NO2. The van der Waals surface area contributed by atoms with Gasteiger partial charge >= 0.3 is 5.97 Å². The highest BCUT2D eigenvalue weighted by atomic mass is 35.5. The van der Waals surface area contributed by atoms with Gasteiger partial charge in [-0.3, -0.25) is 9.78 Å². The van der Waals surface area contributed by atoms with Gasteiger partial charge < -0.3 is 5.11 Å². The zero-order chi connectivity index (χ0) is 12.3. The predicted molar refractivity (Wildman–Crippen MR) is 54.8 cm³/mol. The molecule has 0 atom stereocenters. The van der Waals surface area contributed by atoms with E-state index in [0.717, 1.165) is 0 Å². The number of aliphatic carboxylic acids is 1. The van der Waals surface area contributed by atoms with Crippen molar-refractivity contribution in [2.45, 2.75) is 25.7 Å². The smallest absolute Gasteiger partial charge is 0.307 e. The van der Waals surface area contributed by atoms with Crippen LogP contribution in [0.4, 0.5) is 8.78 Å². The average molecular weight is 250 g/mol. The van der Waals surface area contributed by atoms with Gasteiger partial charge in [0.1, 0.15) is 0 Å². The molecular weight excluding hydrogens is 240 g/mol. The maximum atomic E-state index is 12.8. The first-order valence-electron chi connectivity index (χ1n) is 4.50. The summed E-state index contributed by atoms with van der Waals surface area (Å²) < 4.78 is 25.6. The maximum absolute atomic E-state index is 12.8. The van der Waals surface area contributed by atoms with Gasteiger partial charge in [0, 0.05) is 11.8 Å². The van der Waals surface area contributed by atoms with Crippen LogP contribution in [0.2, 0.25) is 0 Å². The first kappa shape index (κ1) is 12.8. The fraction of sp³-hybridized carbons (Fsp3) is 0.400. The number of pyridine rings is 1. The van der Waals surface area contributed by atoms with Gasteiger partial charge in [0.2, 0.25) is 0 Å². The summed E-state index contributed by atoms with van der Waals surface area (Å²) in [5.41, 5.74) is 0.232. The summed E-state index contributed by atoms with van der Waals surface area (Å²) >= 11 is 5.49. The fourth-order valence-electron chi connectivity index (χ4n) is 1.46. The largest absolute Gasteiger partial charge is 0.481 e. The quantitative estimate of drug-likeness (QED) is 0.835. The van der Waals surface area contributed by atoms with Gasteiger partial charge in [-0.15, -0.1) is 11.6 Å². The van der Waals surface area contributed by atoms with Crippen LogP contribution < -0.4 is 0 Å². The number of nitrogens with zero attached hydrogens (tertiary/aromatic N) is 1. The Kier molecular flexibility index (Phi) is 4.18. The van der Waals surface area contributed by atoms with Gasteiger partial charge in [-0.1, -0.05) is 0 Å². The Morgan fingerprint density at radius 3 is 2.69 bits per heavy atom. The van der Waals surface area contributed by atoms with Crippen LogP contribution in [0.5, 0.6) is 0 Å². The summed E-state index contributed by atoms with van der Waals surface area (Å²) in [6, 6.07) is 0. The third kappa shape index (κ3) is 2.66. The Morgan fingerprint density at radius 1 is 1.62 bits per heavy atom. The van der Waals surface area contributed by atoms with Crippen LogP contribution in [0, 0.1) is 6.92 Å². The monoisotopic (exact) mass is 249 g/mol. The van der Waals surface area contributed by atoms with Gasteiger partial charge in [0.05, 0.1) is 18.0 Å². The molecule has 0 aliphatic carbocycles. The third-order valence-electron chi connectivity index (χ3n) is 2.20. The SMILES string of the molecule is Cc1cnc(CCl)c(C(F)F)c1CC(=O)O. The fourth-order valence-corrected chi connectivity index (χ4v) is 1.67. The van der Waals surface area contributed by atoms with E-state index in [1.54, 1.807) is 6.92 Å². The summed E-state index contributed by atoms with van der Waals surface area (Å²) in [5, 5.41) is 8.66. The lowest BCUT2D eigenvalue weighted by Gasteiger charge is -2.13. The first-order valence-corrected chi connectivity index (χ1v) is 5.04. The van der Waals surface area contributed by atoms with Gasteiger partial charge in [-0.25, -0.2) is 8.78 Å². The van der Waals surface area contributed by atoms with Crippen molar-refractivity contribution in [3.63, 3.8) is 0 Å². The maximum Gasteiger partial charge on any atom is 0.307 e. The molecule has 0 fully saturated rings. The molecule has 1 aromatic rings. The van der Waals surface area contributed by atoms with Crippen LogP contribution in [0.3, 0.4) is 0 Å². The highest BCUT2D eigenvalue weighted by Gasteiger charge is 2.21. The summed E-state index contributed by atoms with van der Waals surface area (Å²) in [7, 11) is 0. The van der Waals surface area contributed by atoms with Crippen molar-refractivity contribution in [1.82, 2.24) is 4.98 Å². The molecule has 0 aliphatic rings. The van der Waals surface area contributed by atoms with Crippen LogP contribution in [0.25, 0.3) is 0 Å². The van der Waals surface area contributed by atoms with E-state index in [1.807, 2.05) is 0 Å². The molecule has 1 aromatic heterocycles. The lowest BCUT2D eigenvalue weighted by Crippen LogP contribution is -2.10. The Balaban J connectivity index is 3.35. The number of carboxylic acids is 1. The molecule has 1 rings (SSSR count). The number of rotatable bonds is 4. The second-order valence-corrected chi connectivity index (χ2v) is 3.55. The topological polar surface area (TPSA) is 50.2 Å². The summed E-state index contributed by atoms with van der Waals surface area (Å²) in [6.07, 6.45) is -1.85. The zero-order valence-electron chi connectivity index (χ0n) is 8.51. The van der Waals surface area contributed by atoms with Crippen LogP contribution in [-0.2, 0) is 17.1 Å². The predicted octanol–water partition coefficient (Wildman–Crippen LogP) is 2.69. The van der Waals surface area contributed by atoms with Gasteiger partial charge in [-0.2, -0.15) is 0 Å². The summed E-state index contributed by atoms with van der Waals surface area (Å²) in [5.74, 6) is -1.32. The minimum atomic E-state index is -2.77. The van der Waals surface area contributed by atoms with Crippen molar-refractivity contribution < 1.29 is 18.7 Å². The average Bonchev–Trinajstić information content (AvgIpc) is 2.19. The molecule has 16 heavy (non-hydrogen) atoms. The Bertz CT molecular complexity index is 410. The molecule has 0 radical (unpaired) electrons. The van der Waals surface area contributed by atoms with Gasteiger partial charge in [0.25, 0.3) is 6.43 Å². The lowest BCUT2D eigenvalue weighted by atomic mass is 10.00. The molecule has 3 nitrogen and oxygen atoms in total. The summed E-state index contributed by atoms with van der Waals surface area (Å²) in [4.78, 5) is 14.4. The van der Waals surface area contributed by atoms with Crippen molar-refractivity contribution in [3.05, 3.63) is 28.6 Å². The summed E-state index contributed by atoms with van der Waals surface area (Å²) in [6.45, 7) is 1.55. The molecule has 0 bridgehead atoms. The second-order valence-electron chi connectivity index (χ2n) is 3.28. The number of aromatic nitrogens is 1. The van der Waals surface area contributed by atoms with E-state index < -0.39 is 18.8 Å². The number of hydrogen-bond donors (Lipinski definition) is 1. The van der Waals surface area contributed by atoms with Crippen molar-refractivity contribution in [2.75, 3.05) is 0 Å². The van der Waals surface area contributed by atoms with E-state index in [4.69, 9.17) is 16.7 Å².